The van der Waals surface area contributed by atoms with E-state index in [-0.39, 0.29) is 0 Å². The van der Waals surface area contributed by atoms with E-state index in [1.165, 1.54) is 22.0 Å². The number of benzene rings is 2. The summed E-state index contributed by atoms with van der Waals surface area (Å²) in [7, 11) is 1.80. The van der Waals surface area contributed by atoms with E-state index in [1.54, 1.807) is 7.05 Å². The van der Waals surface area contributed by atoms with Crippen LogP contribution in [-0.2, 0) is 13.0 Å². The smallest absolute Gasteiger partial charge is 0.191 e. The van der Waals surface area contributed by atoms with Gasteiger partial charge in [0.1, 0.15) is 0 Å². The van der Waals surface area contributed by atoms with Crippen LogP contribution >= 0.6 is 0 Å². The van der Waals surface area contributed by atoms with E-state index in [1.807, 2.05) is 17.7 Å². The summed E-state index contributed by atoms with van der Waals surface area (Å²) in [4.78, 5) is 7.71. The number of rotatable bonds is 6. The SMILES string of the molecule is CN=C(NCCc1c[nH]c2ccccc12)NCc1ccccc1-n1nc(C)cc1C. The molecule has 0 radical (unpaired) electrons. The monoisotopic (exact) mass is 400 g/mol. The first-order chi connectivity index (χ1) is 14.7. The molecule has 154 valence electrons. The van der Waals surface area contributed by atoms with Crippen molar-refractivity contribution in [2.24, 2.45) is 4.99 Å². The Labute approximate surface area is 177 Å². The van der Waals surface area contributed by atoms with Crippen molar-refractivity contribution < 1.29 is 0 Å². The Kier molecular flexibility index (Phi) is 5.84. The van der Waals surface area contributed by atoms with Gasteiger partial charge in [0.2, 0.25) is 0 Å². The number of aromatic nitrogens is 3. The van der Waals surface area contributed by atoms with Gasteiger partial charge in [-0.15, -0.1) is 0 Å². The summed E-state index contributed by atoms with van der Waals surface area (Å²) in [6, 6.07) is 18.8. The zero-order valence-corrected chi connectivity index (χ0v) is 17.7. The van der Waals surface area contributed by atoms with Crippen LogP contribution in [0.1, 0.15) is 22.5 Å². The Morgan fingerprint density at radius 1 is 1.03 bits per heavy atom. The Morgan fingerprint density at radius 3 is 2.63 bits per heavy atom. The molecule has 0 saturated carbocycles. The molecule has 0 unspecified atom stereocenters. The largest absolute Gasteiger partial charge is 0.361 e. The Balaban J connectivity index is 1.38. The number of aryl methyl sites for hydroxylation is 2. The van der Waals surface area contributed by atoms with Gasteiger partial charge in [0.25, 0.3) is 0 Å². The molecular weight excluding hydrogens is 372 g/mol. The standard InChI is InChI=1S/C24H28N6/c1-17-14-18(2)30(29-17)23-11-7-4-8-20(23)16-28-24(25-3)26-13-12-19-15-27-22-10-6-5-9-21(19)22/h4-11,14-15,27H,12-13,16H2,1-3H3,(H2,25,26,28). The van der Waals surface area contributed by atoms with Crippen molar-refractivity contribution in [1.29, 1.82) is 0 Å². The second-order valence-electron chi connectivity index (χ2n) is 7.43. The van der Waals surface area contributed by atoms with E-state index in [9.17, 15) is 0 Å². The molecule has 0 aliphatic heterocycles. The number of hydrogen-bond acceptors (Lipinski definition) is 2. The first-order valence-corrected chi connectivity index (χ1v) is 10.3. The third-order valence-electron chi connectivity index (χ3n) is 5.26. The van der Waals surface area contributed by atoms with Crippen LogP contribution in [0.2, 0.25) is 0 Å². The third kappa shape index (κ3) is 4.22. The van der Waals surface area contributed by atoms with Crippen molar-refractivity contribution in [1.82, 2.24) is 25.4 Å². The minimum atomic E-state index is 0.668. The van der Waals surface area contributed by atoms with Crippen molar-refractivity contribution in [2.75, 3.05) is 13.6 Å². The molecule has 6 nitrogen and oxygen atoms in total. The van der Waals surface area contributed by atoms with Crippen molar-refractivity contribution in [3.63, 3.8) is 0 Å². The molecule has 2 aromatic heterocycles. The number of nitrogens with one attached hydrogen (secondary N) is 3. The first kappa shape index (κ1) is 19.8. The van der Waals surface area contributed by atoms with Crippen LogP contribution < -0.4 is 10.6 Å². The van der Waals surface area contributed by atoms with Gasteiger partial charge in [-0.1, -0.05) is 36.4 Å². The quantitative estimate of drug-likeness (QED) is 0.340. The van der Waals surface area contributed by atoms with Crippen molar-refractivity contribution >= 4 is 16.9 Å². The Bertz CT molecular complexity index is 1170. The molecule has 2 heterocycles. The average Bonchev–Trinajstić information content (AvgIpc) is 3.33. The number of aliphatic imine (C=N–C) groups is 1. The predicted octanol–water partition coefficient (Wildman–Crippen LogP) is 3.88. The fourth-order valence-electron chi connectivity index (χ4n) is 3.79. The van der Waals surface area contributed by atoms with Crippen molar-refractivity contribution in [3.8, 4) is 5.69 Å². The highest BCUT2D eigenvalue weighted by Crippen LogP contribution is 2.18. The van der Waals surface area contributed by atoms with Gasteiger partial charge in [-0.05, 0) is 49.6 Å². The molecule has 0 spiro atoms. The second kappa shape index (κ2) is 8.86. The highest BCUT2D eigenvalue weighted by Gasteiger charge is 2.09. The maximum atomic E-state index is 4.63. The summed E-state index contributed by atoms with van der Waals surface area (Å²) in [5.41, 5.74) is 6.89. The third-order valence-corrected chi connectivity index (χ3v) is 5.26. The molecule has 0 saturated heterocycles. The summed E-state index contributed by atoms with van der Waals surface area (Å²) in [5.74, 6) is 0.790. The molecule has 6 heteroatoms. The Hall–Kier alpha value is -3.54. The summed E-state index contributed by atoms with van der Waals surface area (Å²) in [6.45, 7) is 5.57. The highest BCUT2D eigenvalue weighted by molar-refractivity contribution is 5.83. The van der Waals surface area contributed by atoms with Gasteiger partial charge < -0.3 is 15.6 Å². The molecule has 0 fully saturated rings. The van der Waals surface area contributed by atoms with Gasteiger partial charge in [0.05, 0.1) is 11.4 Å². The summed E-state index contributed by atoms with van der Waals surface area (Å²) in [6.07, 6.45) is 3.01. The number of guanidine groups is 1. The molecule has 0 atom stereocenters. The van der Waals surface area contributed by atoms with Crippen molar-refractivity contribution in [2.45, 2.75) is 26.8 Å². The summed E-state index contributed by atoms with van der Waals surface area (Å²) >= 11 is 0. The van der Waals surface area contributed by atoms with Crippen molar-refractivity contribution in [3.05, 3.63) is 83.3 Å². The molecule has 30 heavy (non-hydrogen) atoms. The average molecular weight is 401 g/mol. The highest BCUT2D eigenvalue weighted by atomic mass is 15.3. The summed E-state index contributed by atoms with van der Waals surface area (Å²) in [5, 5.41) is 12.8. The van der Waals surface area contributed by atoms with E-state index in [2.05, 4.69) is 87.4 Å². The van der Waals surface area contributed by atoms with E-state index >= 15 is 0 Å². The van der Waals surface area contributed by atoms with Crippen LogP contribution in [-0.4, -0.2) is 34.3 Å². The van der Waals surface area contributed by atoms with Crippen LogP contribution in [0.25, 0.3) is 16.6 Å². The van der Waals surface area contributed by atoms with Gasteiger partial charge in [0, 0.05) is 42.9 Å². The van der Waals surface area contributed by atoms with Gasteiger partial charge in [0.15, 0.2) is 5.96 Å². The maximum Gasteiger partial charge on any atom is 0.191 e. The van der Waals surface area contributed by atoms with Gasteiger partial charge in [-0.25, -0.2) is 4.68 Å². The molecule has 2 aromatic carbocycles. The predicted molar refractivity (Wildman–Crippen MR) is 123 cm³/mol. The van der Waals surface area contributed by atoms with E-state index in [0.29, 0.717) is 6.54 Å². The fraction of sp³-hybridized carbons (Fsp3) is 0.250. The lowest BCUT2D eigenvalue weighted by molar-refractivity contribution is 0.776. The van der Waals surface area contributed by atoms with Gasteiger partial charge in [-0.3, -0.25) is 4.99 Å². The minimum Gasteiger partial charge on any atom is -0.361 e. The molecule has 0 aliphatic carbocycles. The van der Waals surface area contributed by atoms with E-state index in [4.69, 9.17) is 0 Å². The number of aromatic amines is 1. The topological polar surface area (TPSA) is 70.0 Å². The zero-order valence-electron chi connectivity index (χ0n) is 17.7. The summed E-state index contributed by atoms with van der Waals surface area (Å²) < 4.78 is 2.00. The number of hydrogen-bond donors (Lipinski definition) is 3. The Morgan fingerprint density at radius 2 is 1.83 bits per heavy atom. The van der Waals surface area contributed by atoms with Gasteiger partial charge >= 0.3 is 0 Å². The van der Waals surface area contributed by atoms with Crippen LogP contribution in [0.3, 0.4) is 0 Å². The molecule has 0 bridgehead atoms. The number of H-pyrrole nitrogens is 1. The minimum absolute atomic E-state index is 0.668. The number of fused-ring (bicyclic) bond motifs is 1. The lowest BCUT2D eigenvalue weighted by Crippen LogP contribution is -2.38. The maximum absolute atomic E-state index is 4.63. The molecule has 0 amide bonds. The molecule has 3 N–H and O–H groups in total. The van der Waals surface area contributed by atoms with Crippen LogP contribution in [0.4, 0.5) is 0 Å². The van der Waals surface area contributed by atoms with Crippen LogP contribution in [0, 0.1) is 13.8 Å². The molecule has 4 rings (SSSR count). The first-order valence-electron chi connectivity index (χ1n) is 10.3. The van der Waals surface area contributed by atoms with E-state index in [0.717, 1.165) is 36.0 Å². The fourth-order valence-corrected chi connectivity index (χ4v) is 3.79. The van der Waals surface area contributed by atoms with Gasteiger partial charge in [-0.2, -0.15) is 5.10 Å². The molecular formula is C24H28N6. The van der Waals surface area contributed by atoms with E-state index < -0.39 is 0 Å². The number of para-hydroxylation sites is 2. The molecule has 0 aliphatic rings. The lowest BCUT2D eigenvalue weighted by Gasteiger charge is -2.15. The molecule has 4 aromatic rings. The number of nitrogens with zero attached hydrogens (tertiary/aromatic N) is 3. The second-order valence-corrected chi connectivity index (χ2v) is 7.43. The van der Waals surface area contributed by atoms with Crippen LogP contribution in [0.15, 0.2) is 65.8 Å². The lowest BCUT2D eigenvalue weighted by atomic mass is 10.1. The van der Waals surface area contributed by atoms with Crippen LogP contribution in [0.5, 0.6) is 0 Å². The normalized spacial score (nSPS) is 11.8. The zero-order chi connectivity index (χ0) is 20.9.